The molecule has 0 aromatic heterocycles. The fourth-order valence-corrected chi connectivity index (χ4v) is 6.15. The lowest BCUT2D eigenvalue weighted by Crippen LogP contribution is -2.51. The highest BCUT2D eigenvalue weighted by Crippen LogP contribution is 2.30. The molecule has 7 nitrogen and oxygen atoms in total. The number of anilines is 1. The van der Waals surface area contributed by atoms with Crippen LogP contribution in [0.5, 0.6) is 0 Å². The Morgan fingerprint density at radius 2 is 1.65 bits per heavy atom. The van der Waals surface area contributed by atoms with E-state index in [0.717, 1.165) is 19.9 Å². The van der Waals surface area contributed by atoms with Crippen LogP contribution >= 0.6 is 27.5 Å². The van der Waals surface area contributed by atoms with E-state index in [2.05, 4.69) is 21.2 Å². The summed E-state index contributed by atoms with van der Waals surface area (Å²) in [5, 5.41) is 3.22. The van der Waals surface area contributed by atoms with Crippen LogP contribution in [0.2, 0.25) is 5.02 Å². The van der Waals surface area contributed by atoms with Crippen molar-refractivity contribution in [2.75, 3.05) is 17.4 Å². The van der Waals surface area contributed by atoms with Gasteiger partial charge in [-0.05, 0) is 74.2 Å². The second kappa shape index (κ2) is 13.7. The highest BCUT2D eigenvalue weighted by atomic mass is 79.9. The first-order valence-corrected chi connectivity index (χ1v) is 15.6. The van der Waals surface area contributed by atoms with Crippen LogP contribution in [0, 0.1) is 19.8 Å². The minimum atomic E-state index is -4.17. The van der Waals surface area contributed by atoms with Gasteiger partial charge in [-0.1, -0.05) is 77.3 Å². The molecule has 10 heteroatoms. The fourth-order valence-electron chi connectivity index (χ4n) is 4.07. The van der Waals surface area contributed by atoms with Crippen molar-refractivity contribution in [2.24, 2.45) is 5.92 Å². The van der Waals surface area contributed by atoms with Crippen LogP contribution in [0.1, 0.15) is 37.5 Å². The molecule has 0 spiro atoms. The number of carbonyl (C=O) groups is 2. The fraction of sp³-hybridized carbons (Fsp3) is 0.333. The number of hydrogen-bond acceptors (Lipinski definition) is 4. The highest BCUT2D eigenvalue weighted by molar-refractivity contribution is 9.10. The van der Waals surface area contributed by atoms with Gasteiger partial charge in [-0.15, -0.1) is 0 Å². The SMILES string of the molecule is Cc1ccc(S(=O)(=O)N(CC(=O)N(Cc2cccc(Br)c2)[C@H](C)C(=O)NCC(C)C)c2cc(Cl)ccc2C)cc1. The maximum absolute atomic E-state index is 14.0. The topological polar surface area (TPSA) is 86.8 Å². The van der Waals surface area contributed by atoms with Gasteiger partial charge >= 0.3 is 0 Å². The second-order valence-corrected chi connectivity index (χ2v) is 13.4. The number of amides is 2. The van der Waals surface area contributed by atoms with Gasteiger partial charge in [0.15, 0.2) is 0 Å². The Morgan fingerprint density at radius 3 is 2.27 bits per heavy atom. The van der Waals surface area contributed by atoms with Crippen molar-refractivity contribution in [1.29, 1.82) is 0 Å². The summed E-state index contributed by atoms with van der Waals surface area (Å²) in [4.78, 5) is 28.6. The molecule has 1 N–H and O–H groups in total. The second-order valence-electron chi connectivity index (χ2n) is 10.2. The molecule has 0 radical (unpaired) electrons. The van der Waals surface area contributed by atoms with Gasteiger partial charge in [-0.2, -0.15) is 0 Å². The number of nitrogens with zero attached hydrogens (tertiary/aromatic N) is 2. The monoisotopic (exact) mass is 647 g/mol. The van der Waals surface area contributed by atoms with Gasteiger partial charge in [0.1, 0.15) is 12.6 Å². The zero-order valence-electron chi connectivity index (χ0n) is 23.3. The third kappa shape index (κ3) is 8.08. The Kier molecular flexibility index (Phi) is 10.8. The molecule has 0 bridgehead atoms. The predicted octanol–water partition coefficient (Wildman–Crippen LogP) is 6.10. The van der Waals surface area contributed by atoms with Crippen LogP contribution in [-0.2, 0) is 26.2 Å². The minimum absolute atomic E-state index is 0.0477. The largest absolute Gasteiger partial charge is 0.354 e. The lowest BCUT2D eigenvalue weighted by atomic mass is 10.1. The lowest BCUT2D eigenvalue weighted by Gasteiger charge is -2.32. The molecule has 0 saturated carbocycles. The Morgan fingerprint density at radius 1 is 0.975 bits per heavy atom. The molecular formula is C30H35BrClN3O4S. The number of carbonyl (C=O) groups excluding carboxylic acids is 2. The smallest absolute Gasteiger partial charge is 0.264 e. The molecule has 0 unspecified atom stereocenters. The van der Waals surface area contributed by atoms with Crippen LogP contribution in [0.25, 0.3) is 0 Å². The minimum Gasteiger partial charge on any atom is -0.354 e. The average Bonchev–Trinajstić information content (AvgIpc) is 2.90. The van der Waals surface area contributed by atoms with Crippen molar-refractivity contribution >= 4 is 55.1 Å². The van der Waals surface area contributed by atoms with Crippen molar-refractivity contribution in [1.82, 2.24) is 10.2 Å². The van der Waals surface area contributed by atoms with E-state index in [1.165, 1.54) is 23.1 Å². The van der Waals surface area contributed by atoms with Crippen molar-refractivity contribution in [3.63, 3.8) is 0 Å². The molecular weight excluding hydrogens is 614 g/mol. The van der Waals surface area contributed by atoms with E-state index in [1.54, 1.807) is 38.1 Å². The van der Waals surface area contributed by atoms with E-state index in [1.807, 2.05) is 45.0 Å². The predicted molar refractivity (Wildman–Crippen MR) is 164 cm³/mol. The Labute approximate surface area is 250 Å². The molecule has 3 aromatic rings. The molecule has 0 heterocycles. The molecule has 2 amide bonds. The zero-order valence-corrected chi connectivity index (χ0v) is 26.5. The summed E-state index contributed by atoms with van der Waals surface area (Å²) < 4.78 is 29.9. The average molecular weight is 649 g/mol. The molecule has 3 rings (SSSR count). The summed E-state index contributed by atoms with van der Waals surface area (Å²) in [5.74, 6) is -0.613. The summed E-state index contributed by atoms with van der Waals surface area (Å²) in [6.45, 7) is 9.29. The third-order valence-electron chi connectivity index (χ3n) is 6.42. The summed E-state index contributed by atoms with van der Waals surface area (Å²) >= 11 is 9.73. The standard InChI is InChI=1S/C30H35BrClN3O4S/c1-20(2)17-33-30(37)23(5)34(18-24-7-6-8-25(31)15-24)29(36)19-35(28-16-26(32)12-11-22(28)4)40(38,39)27-13-9-21(3)10-14-27/h6-16,20,23H,17-19H2,1-5H3,(H,33,37)/t23-/m1/s1. The van der Waals surface area contributed by atoms with Crippen LogP contribution in [0.15, 0.2) is 76.1 Å². The lowest BCUT2D eigenvalue weighted by molar-refractivity contribution is -0.139. The summed E-state index contributed by atoms with van der Waals surface area (Å²) in [6, 6.07) is 17.9. The number of nitrogens with one attached hydrogen (secondary N) is 1. The molecule has 0 aliphatic heterocycles. The van der Waals surface area contributed by atoms with Crippen LogP contribution in [-0.4, -0.2) is 44.3 Å². The first-order valence-electron chi connectivity index (χ1n) is 13.0. The Bertz CT molecular complexity index is 1460. The van der Waals surface area contributed by atoms with Gasteiger partial charge in [0, 0.05) is 22.6 Å². The van der Waals surface area contributed by atoms with Crippen LogP contribution in [0.4, 0.5) is 5.69 Å². The van der Waals surface area contributed by atoms with Crippen molar-refractivity contribution < 1.29 is 18.0 Å². The van der Waals surface area contributed by atoms with Gasteiger partial charge in [-0.25, -0.2) is 8.42 Å². The van der Waals surface area contributed by atoms with E-state index in [0.29, 0.717) is 22.8 Å². The molecule has 40 heavy (non-hydrogen) atoms. The summed E-state index contributed by atoms with van der Waals surface area (Å²) in [5.41, 5.74) is 2.62. The Balaban J connectivity index is 2.06. The van der Waals surface area contributed by atoms with E-state index in [9.17, 15) is 18.0 Å². The van der Waals surface area contributed by atoms with Crippen molar-refractivity contribution in [3.05, 3.63) is 92.9 Å². The summed E-state index contributed by atoms with van der Waals surface area (Å²) in [7, 11) is -4.17. The number of hydrogen-bond donors (Lipinski definition) is 1. The summed E-state index contributed by atoms with van der Waals surface area (Å²) in [6.07, 6.45) is 0. The van der Waals surface area contributed by atoms with Gasteiger partial charge < -0.3 is 10.2 Å². The van der Waals surface area contributed by atoms with E-state index in [-0.39, 0.29) is 23.3 Å². The van der Waals surface area contributed by atoms with E-state index >= 15 is 0 Å². The molecule has 214 valence electrons. The molecule has 1 atom stereocenters. The van der Waals surface area contributed by atoms with Gasteiger partial charge in [-0.3, -0.25) is 13.9 Å². The van der Waals surface area contributed by atoms with Gasteiger partial charge in [0.2, 0.25) is 11.8 Å². The number of halogens is 2. The first-order chi connectivity index (χ1) is 18.8. The normalized spacial score (nSPS) is 12.2. The van der Waals surface area contributed by atoms with Crippen molar-refractivity contribution in [3.8, 4) is 0 Å². The maximum Gasteiger partial charge on any atom is 0.264 e. The number of aryl methyl sites for hydroxylation is 2. The maximum atomic E-state index is 14.0. The molecule has 3 aromatic carbocycles. The third-order valence-corrected chi connectivity index (χ3v) is 8.92. The van der Waals surface area contributed by atoms with Crippen molar-refractivity contribution in [2.45, 2.75) is 52.1 Å². The number of sulfonamides is 1. The Hall–Kier alpha value is -2.88. The zero-order chi connectivity index (χ0) is 29.6. The molecule has 0 fully saturated rings. The molecule has 0 saturated heterocycles. The number of benzene rings is 3. The van der Waals surface area contributed by atoms with Crippen LogP contribution < -0.4 is 9.62 Å². The van der Waals surface area contributed by atoms with Crippen LogP contribution in [0.3, 0.4) is 0 Å². The van der Waals surface area contributed by atoms with Gasteiger partial charge in [0.25, 0.3) is 10.0 Å². The molecule has 0 aliphatic rings. The highest BCUT2D eigenvalue weighted by Gasteiger charge is 2.33. The van der Waals surface area contributed by atoms with E-state index in [4.69, 9.17) is 11.6 Å². The van der Waals surface area contributed by atoms with E-state index < -0.39 is 28.5 Å². The first kappa shape index (κ1) is 31.6. The quantitative estimate of drug-likeness (QED) is 0.272. The molecule has 0 aliphatic carbocycles. The van der Waals surface area contributed by atoms with Gasteiger partial charge in [0.05, 0.1) is 10.6 Å². The number of rotatable bonds is 11.